The van der Waals surface area contributed by atoms with Crippen molar-refractivity contribution in [2.75, 3.05) is 39.6 Å². The van der Waals surface area contributed by atoms with Crippen molar-refractivity contribution in [2.24, 2.45) is 0 Å². The third-order valence-corrected chi connectivity index (χ3v) is 17.6. The Morgan fingerprint density at radius 3 is 0.914 bits per heavy atom. The highest BCUT2D eigenvalue weighted by atomic mass is 16.8. The lowest BCUT2D eigenvalue weighted by Crippen LogP contribution is -2.72. The zero-order chi connectivity index (χ0) is 86.4. The van der Waals surface area contributed by atoms with E-state index in [4.69, 9.17) is 123 Å². The van der Waals surface area contributed by atoms with Crippen molar-refractivity contribution in [3.05, 3.63) is 0 Å². The first kappa shape index (κ1) is 96.3. The Balaban J connectivity index is 1.62. The van der Waals surface area contributed by atoms with Crippen LogP contribution in [-0.4, -0.2) is 329 Å². The summed E-state index contributed by atoms with van der Waals surface area (Å²) in [4.78, 5) is 199. The topological polar surface area (TPSA) is 569 Å². The molecule has 0 aromatic rings. The van der Waals surface area contributed by atoms with E-state index in [-0.39, 0.29) is 6.61 Å². The van der Waals surface area contributed by atoms with E-state index in [2.05, 4.69) is 5.32 Å². The molecular weight excluding hydrogens is 1570 g/mol. The molecule has 30 atom stereocenters. The van der Waals surface area contributed by atoms with Crippen LogP contribution in [0.5, 0.6) is 0 Å². The summed E-state index contributed by atoms with van der Waals surface area (Å²) in [5, 5.41) is 35.8. The van der Waals surface area contributed by atoms with Crippen LogP contribution in [0.25, 0.3) is 0 Å². The van der Waals surface area contributed by atoms with Gasteiger partial charge in [-0.1, -0.05) is 19.8 Å². The van der Waals surface area contributed by atoms with E-state index in [9.17, 15) is 87.2 Å². The molecule has 4 N–H and O–H groups in total. The van der Waals surface area contributed by atoms with E-state index in [0.717, 1.165) is 110 Å². The van der Waals surface area contributed by atoms with E-state index >= 15 is 0 Å². The van der Waals surface area contributed by atoms with Crippen LogP contribution >= 0.6 is 0 Å². The number of rotatable bonds is 35. The molecule has 6 aliphatic heterocycles. The Hall–Kier alpha value is -8.55. The third kappa shape index (κ3) is 28.1. The van der Waals surface area contributed by atoms with Gasteiger partial charge < -0.3 is 144 Å². The molecule has 0 spiro atoms. The molecule has 1 amide bonds. The number of carbonyl (C=O) groups excluding carboxylic acids is 15. The van der Waals surface area contributed by atoms with E-state index < -0.39 is 307 Å². The Labute approximate surface area is 664 Å². The zero-order valence-electron chi connectivity index (χ0n) is 66.8. The lowest BCUT2D eigenvalue weighted by molar-refractivity contribution is -0.393. The van der Waals surface area contributed by atoms with Crippen LogP contribution in [0, 0.1) is 0 Å². The van der Waals surface area contributed by atoms with Gasteiger partial charge >= 0.3 is 83.6 Å². The fourth-order valence-electron chi connectivity index (χ4n) is 13.2. The monoisotopic (exact) mass is 1670 g/mol. The molecule has 0 unspecified atom stereocenters. The van der Waals surface area contributed by atoms with Crippen molar-refractivity contribution in [1.82, 2.24) is 5.32 Å². The van der Waals surface area contributed by atoms with Gasteiger partial charge in [0.25, 0.3) is 0 Å². The number of nitrogens with one attached hydrogen (secondary N) is 1. The number of hydrogen-bond donors (Lipinski definition) is 4. The van der Waals surface area contributed by atoms with Gasteiger partial charge in [0.05, 0.1) is 6.10 Å². The molecule has 0 aromatic heterocycles. The molecule has 6 aliphatic rings. The fourth-order valence-corrected chi connectivity index (χ4v) is 13.2. The molecule has 6 rings (SSSR count). The van der Waals surface area contributed by atoms with Crippen LogP contribution in [0.4, 0.5) is 0 Å². The summed E-state index contributed by atoms with van der Waals surface area (Å²) in [6.45, 7) is 12.5. The maximum absolute atomic E-state index is 14.0. The number of aliphatic hydroxyl groups excluding tert-OH is 3. The van der Waals surface area contributed by atoms with Gasteiger partial charge in [0.2, 0.25) is 5.91 Å². The van der Waals surface area contributed by atoms with Crippen molar-refractivity contribution in [3.63, 3.8) is 0 Å². The lowest BCUT2D eigenvalue weighted by Gasteiger charge is -2.52. The molecule has 6 fully saturated rings. The molecule has 116 heavy (non-hydrogen) atoms. The summed E-state index contributed by atoms with van der Waals surface area (Å²) < 4.78 is 157. The van der Waals surface area contributed by atoms with Gasteiger partial charge in [0.1, 0.15) is 112 Å². The van der Waals surface area contributed by atoms with Crippen molar-refractivity contribution in [2.45, 2.75) is 321 Å². The van der Waals surface area contributed by atoms with Gasteiger partial charge in [0.15, 0.2) is 98.8 Å². The smallest absolute Gasteiger partial charge is 0.303 e. The molecule has 45 heteroatoms. The molecule has 0 radical (unpaired) electrons. The van der Waals surface area contributed by atoms with Crippen LogP contribution < -0.4 is 5.32 Å². The van der Waals surface area contributed by atoms with Crippen molar-refractivity contribution in [1.29, 1.82) is 0 Å². The van der Waals surface area contributed by atoms with Gasteiger partial charge in [-0.15, -0.1) is 0 Å². The quantitative estimate of drug-likeness (QED) is 0.0284. The van der Waals surface area contributed by atoms with E-state index in [1.807, 2.05) is 6.92 Å². The minimum absolute atomic E-state index is 0.0210. The molecule has 0 bridgehead atoms. The van der Waals surface area contributed by atoms with Gasteiger partial charge in [-0.3, -0.25) is 71.9 Å². The molecule has 0 aromatic carbocycles. The zero-order valence-corrected chi connectivity index (χ0v) is 66.8. The Morgan fingerprint density at radius 2 is 0.552 bits per heavy atom. The van der Waals surface area contributed by atoms with Crippen LogP contribution in [0.2, 0.25) is 0 Å². The number of amides is 1. The predicted octanol–water partition coefficient (Wildman–Crippen LogP) is -2.72. The second-order valence-electron chi connectivity index (χ2n) is 27.4. The molecule has 6 saturated heterocycles. The highest BCUT2D eigenvalue weighted by molar-refractivity contribution is 5.74. The van der Waals surface area contributed by atoms with Crippen molar-refractivity contribution in [3.8, 4) is 0 Å². The largest absolute Gasteiger partial charge is 0.463 e. The lowest BCUT2D eigenvalue weighted by atomic mass is 9.93. The summed E-state index contributed by atoms with van der Waals surface area (Å²) in [5.74, 6) is -16.2. The molecular formula is C71H103NO44. The number of hydrogen-bond acceptors (Lipinski definition) is 44. The summed E-state index contributed by atoms with van der Waals surface area (Å²) >= 11 is 0. The number of esters is 14. The highest BCUT2D eigenvalue weighted by Crippen LogP contribution is 2.42. The van der Waals surface area contributed by atoms with Crippen LogP contribution in [0.1, 0.15) is 137 Å². The third-order valence-electron chi connectivity index (χ3n) is 17.6. The Morgan fingerprint density at radius 1 is 0.276 bits per heavy atom. The molecule has 6 heterocycles. The van der Waals surface area contributed by atoms with Crippen LogP contribution in [0.15, 0.2) is 0 Å². The van der Waals surface area contributed by atoms with Gasteiger partial charge in [-0.05, 0) is 13.3 Å². The Bertz CT molecular complexity index is 3410. The standard InChI is InChI=1S/C71H103NO44/c1-18-19-20-21-91-68-62(104-40(15)85)59(102-38(13)83)55(46(108-68)25-95-32(7)77)112-69-63(105-41(16)86)60(103-39(14)84)56(47(111-69)26-96-33(8)78)113-70-64(106-42(17)87)61(54(100-36(11)81)45(109-70)24-94-31(6)76)115-66-48(72-28(3)73)57(52(98-34(9)79)43(107-66)22-92-29(4)74)114-71-65(116-67-51(90)50(89)49(88)27(2)97-67)58(101-37(12)82)53(99-35(10)80)44(110-71)23-93-30(5)75/h27,43-71,88-90H,18-26H2,1-17H3,(H,72,73)/t27-,43+,44+,45+,46+,47+,48+,49+,50+,51-,52-,53-,54-,55+,56-,57+,58-,59-,60-,61-,62+,63+,64+,65+,66-,67-,68+,69-,70+,71-/m0/s1. The summed E-state index contributed by atoms with van der Waals surface area (Å²) in [5.41, 5.74) is 0. The van der Waals surface area contributed by atoms with E-state index in [1.165, 1.54) is 6.92 Å². The first-order valence-electron chi connectivity index (χ1n) is 36.8. The average Bonchev–Trinajstić information content (AvgIpc) is 0.758. The number of ether oxygens (including phenoxy) is 26. The van der Waals surface area contributed by atoms with E-state index in [0.29, 0.717) is 12.8 Å². The predicted molar refractivity (Wildman–Crippen MR) is 366 cm³/mol. The van der Waals surface area contributed by atoms with E-state index in [1.54, 1.807) is 0 Å². The van der Waals surface area contributed by atoms with Crippen LogP contribution in [0.3, 0.4) is 0 Å². The second-order valence-corrected chi connectivity index (χ2v) is 27.4. The fraction of sp³-hybridized carbons (Fsp3) is 0.789. The summed E-state index contributed by atoms with van der Waals surface area (Å²) in [7, 11) is 0. The normalized spacial score (nSPS) is 34.9. The average molecular weight is 1670 g/mol. The highest BCUT2D eigenvalue weighted by Gasteiger charge is 2.63. The minimum Gasteiger partial charge on any atom is -0.463 e. The Kier molecular flexibility index (Phi) is 37.2. The summed E-state index contributed by atoms with van der Waals surface area (Å²) in [6, 6.07) is -2.13. The van der Waals surface area contributed by atoms with Crippen molar-refractivity contribution >= 4 is 89.5 Å². The molecule has 0 aliphatic carbocycles. The van der Waals surface area contributed by atoms with Crippen LogP contribution in [-0.2, 0) is 195 Å². The minimum atomic E-state index is -2.41. The maximum Gasteiger partial charge on any atom is 0.303 e. The number of carbonyl (C=O) groups is 15. The molecule has 45 nitrogen and oxygen atoms in total. The number of unbranched alkanes of at least 4 members (excludes halogenated alkanes) is 2. The number of aliphatic hydroxyl groups is 3. The van der Waals surface area contributed by atoms with Crippen molar-refractivity contribution < 1.29 is 210 Å². The first-order chi connectivity index (χ1) is 54.5. The second kappa shape index (κ2) is 44.9. The SMILES string of the molecule is CCCCCO[C@@H]1O[C@H](COC(C)=O)[C@@H](O[C@@H]2O[C@H](COC(C)=O)[C@H](O[C@H]3O[C@H](COC(C)=O)[C@H](OC(C)=O)[C@H](O[C@@H]4O[C@H](COC(C)=O)[C@H](OC(C)=O)[C@H](O[C@@H]5O[C@H](COC(C)=O)[C@H](OC(C)=O)[C@H](OC(C)=O)[C@H]5O[C@@H]5O[C@@H](C)[C@@H](O)[C@@H](O)[C@@H]5O)[C@H]4NC(C)=O)[C@H]3OC(C)=O)[C@H](OC(C)=O)[C@H]2OC(C)=O)[C@H](OC(C)=O)[C@H]1OC(C)=O. The summed E-state index contributed by atoms with van der Waals surface area (Å²) in [6.07, 6.45) is -57.0. The van der Waals surface area contributed by atoms with Gasteiger partial charge in [-0.25, -0.2) is 0 Å². The maximum atomic E-state index is 14.0. The first-order valence-corrected chi connectivity index (χ1v) is 36.8. The molecule has 0 saturated carbocycles. The van der Waals surface area contributed by atoms with Gasteiger partial charge in [-0.2, -0.15) is 0 Å². The molecule has 656 valence electrons. The van der Waals surface area contributed by atoms with Gasteiger partial charge in [0, 0.05) is 110 Å².